The molecule has 0 spiro atoms. The summed E-state index contributed by atoms with van der Waals surface area (Å²) in [7, 11) is 0. The van der Waals surface area contributed by atoms with Gasteiger partial charge in [0.25, 0.3) is 0 Å². The average molecular weight is 430 g/mol. The highest BCUT2D eigenvalue weighted by Gasteiger charge is 2.27. The van der Waals surface area contributed by atoms with E-state index in [0.717, 1.165) is 55.3 Å². The second-order valence-corrected chi connectivity index (χ2v) is 8.68. The van der Waals surface area contributed by atoms with Crippen LogP contribution in [0.5, 0.6) is 0 Å². The standard InChI is InChI=1S/C24H35N3O4/c1-18-9-7-11-21(19(18)2)25-22(28)16-27(15-20-10-8-14-31-20)24(30)17-26-13-6-4-3-5-12-23(26)29/h7,9,11,20H,3-6,8,10,12-17H2,1-2H3,(H,25,28). The number of hydrogen-bond acceptors (Lipinski definition) is 4. The number of benzene rings is 1. The molecule has 7 heteroatoms. The predicted molar refractivity (Wildman–Crippen MR) is 120 cm³/mol. The first-order chi connectivity index (χ1) is 14.9. The van der Waals surface area contributed by atoms with Crippen LogP contribution in [0.15, 0.2) is 18.2 Å². The molecule has 2 saturated heterocycles. The Balaban J connectivity index is 1.66. The summed E-state index contributed by atoms with van der Waals surface area (Å²) in [5.41, 5.74) is 2.87. The highest BCUT2D eigenvalue weighted by atomic mass is 16.5. The predicted octanol–water partition coefficient (Wildman–Crippen LogP) is 3.04. The molecule has 0 saturated carbocycles. The van der Waals surface area contributed by atoms with Crippen LogP contribution in [0.25, 0.3) is 0 Å². The lowest BCUT2D eigenvalue weighted by atomic mass is 10.1. The molecule has 2 fully saturated rings. The van der Waals surface area contributed by atoms with Crippen molar-refractivity contribution in [2.24, 2.45) is 0 Å². The number of carbonyl (C=O) groups excluding carboxylic acids is 3. The molecule has 31 heavy (non-hydrogen) atoms. The maximum absolute atomic E-state index is 13.1. The van der Waals surface area contributed by atoms with Crippen LogP contribution < -0.4 is 5.32 Å². The van der Waals surface area contributed by atoms with Crippen molar-refractivity contribution in [2.75, 3.05) is 38.1 Å². The first-order valence-corrected chi connectivity index (χ1v) is 11.5. The van der Waals surface area contributed by atoms with Crippen LogP contribution in [0, 0.1) is 13.8 Å². The molecular weight excluding hydrogens is 394 g/mol. The van der Waals surface area contributed by atoms with Gasteiger partial charge in [0.05, 0.1) is 12.6 Å². The molecule has 1 atom stereocenters. The third-order valence-electron chi connectivity index (χ3n) is 6.26. The fraction of sp³-hybridized carbons (Fsp3) is 0.625. The number of rotatable bonds is 7. The smallest absolute Gasteiger partial charge is 0.244 e. The molecule has 1 N–H and O–H groups in total. The molecule has 0 radical (unpaired) electrons. The van der Waals surface area contributed by atoms with Crippen molar-refractivity contribution in [1.29, 1.82) is 0 Å². The molecule has 1 aromatic carbocycles. The zero-order valence-corrected chi connectivity index (χ0v) is 18.8. The van der Waals surface area contributed by atoms with Gasteiger partial charge in [0.15, 0.2) is 0 Å². The fourth-order valence-corrected chi connectivity index (χ4v) is 4.18. The van der Waals surface area contributed by atoms with E-state index in [-0.39, 0.29) is 36.9 Å². The zero-order valence-electron chi connectivity index (χ0n) is 18.8. The number of anilines is 1. The highest BCUT2D eigenvalue weighted by molar-refractivity contribution is 5.96. The molecule has 2 aliphatic rings. The molecule has 0 aliphatic carbocycles. The first-order valence-electron chi connectivity index (χ1n) is 11.5. The number of nitrogens with zero attached hydrogens (tertiary/aromatic N) is 2. The maximum Gasteiger partial charge on any atom is 0.244 e. The number of nitrogens with one attached hydrogen (secondary N) is 1. The minimum absolute atomic E-state index is 0.0301. The largest absolute Gasteiger partial charge is 0.376 e. The molecule has 3 rings (SSSR count). The van der Waals surface area contributed by atoms with Crippen LogP contribution in [-0.4, -0.2) is 66.4 Å². The van der Waals surface area contributed by atoms with Gasteiger partial charge in [-0.1, -0.05) is 25.0 Å². The van der Waals surface area contributed by atoms with Gasteiger partial charge in [0.1, 0.15) is 6.54 Å². The molecule has 1 aromatic rings. The van der Waals surface area contributed by atoms with Crippen molar-refractivity contribution in [3.8, 4) is 0 Å². The van der Waals surface area contributed by atoms with Crippen LogP contribution in [0.4, 0.5) is 5.69 Å². The maximum atomic E-state index is 13.1. The molecule has 1 unspecified atom stereocenters. The topological polar surface area (TPSA) is 79.0 Å². The summed E-state index contributed by atoms with van der Waals surface area (Å²) in [6.07, 6.45) is 6.22. The highest BCUT2D eigenvalue weighted by Crippen LogP contribution is 2.19. The lowest BCUT2D eigenvalue weighted by molar-refractivity contribution is -0.143. The molecule has 0 aromatic heterocycles. The third-order valence-corrected chi connectivity index (χ3v) is 6.26. The molecule has 2 heterocycles. The summed E-state index contributed by atoms with van der Waals surface area (Å²) < 4.78 is 5.71. The van der Waals surface area contributed by atoms with Gasteiger partial charge in [-0.15, -0.1) is 0 Å². The number of hydrogen-bond donors (Lipinski definition) is 1. The Kier molecular flexibility index (Phi) is 8.46. The molecule has 7 nitrogen and oxygen atoms in total. The van der Waals surface area contributed by atoms with Crippen molar-refractivity contribution in [1.82, 2.24) is 9.80 Å². The van der Waals surface area contributed by atoms with Gasteiger partial charge in [0, 0.05) is 31.8 Å². The van der Waals surface area contributed by atoms with Gasteiger partial charge in [-0.05, 0) is 56.7 Å². The summed E-state index contributed by atoms with van der Waals surface area (Å²) in [5.74, 6) is -0.399. The lowest BCUT2D eigenvalue weighted by Gasteiger charge is -2.29. The Morgan fingerprint density at radius 2 is 1.97 bits per heavy atom. The van der Waals surface area contributed by atoms with Gasteiger partial charge < -0.3 is 19.9 Å². The van der Waals surface area contributed by atoms with Gasteiger partial charge in [-0.3, -0.25) is 14.4 Å². The second-order valence-electron chi connectivity index (χ2n) is 8.68. The van der Waals surface area contributed by atoms with Crippen LogP contribution in [0.2, 0.25) is 0 Å². The van der Waals surface area contributed by atoms with E-state index in [9.17, 15) is 14.4 Å². The van der Waals surface area contributed by atoms with Crippen molar-refractivity contribution >= 4 is 23.4 Å². The molecule has 2 aliphatic heterocycles. The van der Waals surface area contributed by atoms with Crippen LogP contribution in [0.1, 0.15) is 56.1 Å². The minimum atomic E-state index is -0.237. The molecule has 170 valence electrons. The van der Waals surface area contributed by atoms with E-state index in [1.54, 1.807) is 9.80 Å². The summed E-state index contributed by atoms with van der Waals surface area (Å²) in [5, 5.41) is 2.94. The van der Waals surface area contributed by atoms with E-state index < -0.39 is 0 Å². The number of ether oxygens (including phenoxy) is 1. The van der Waals surface area contributed by atoms with E-state index in [1.165, 1.54) is 0 Å². The Morgan fingerprint density at radius 3 is 2.74 bits per heavy atom. The van der Waals surface area contributed by atoms with Crippen molar-refractivity contribution < 1.29 is 19.1 Å². The summed E-state index contributed by atoms with van der Waals surface area (Å²) in [6.45, 7) is 5.61. The van der Waals surface area contributed by atoms with E-state index in [0.29, 0.717) is 26.1 Å². The van der Waals surface area contributed by atoms with Gasteiger partial charge in [0.2, 0.25) is 17.7 Å². The Morgan fingerprint density at radius 1 is 1.16 bits per heavy atom. The van der Waals surface area contributed by atoms with E-state index in [2.05, 4.69) is 5.32 Å². The monoisotopic (exact) mass is 429 g/mol. The normalized spacial score (nSPS) is 19.6. The summed E-state index contributed by atoms with van der Waals surface area (Å²) in [6, 6.07) is 5.77. The van der Waals surface area contributed by atoms with Crippen LogP contribution >= 0.6 is 0 Å². The number of carbonyl (C=O) groups is 3. The average Bonchev–Trinajstić information content (AvgIpc) is 3.24. The number of likely N-dealkylation sites (tertiary alicyclic amines) is 1. The van der Waals surface area contributed by atoms with Crippen LogP contribution in [0.3, 0.4) is 0 Å². The van der Waals surface area contributed by atoms with Gasteiger partial charge >= 0.3 is 0 Å². The minimum Gasteiger partial charge on any atom is -0.376 e. The molecule has 3 amide bonds. The second kappa shape index (κ2) is 11.3. The third kappa shape index (κ3) is 6.79. The van der Waals surface area contributed by atoms with Gasteiger partial charge in [-0.2, -0.15) is 0 Å². The number of aryl methyl sites for hydroxylation is 1. The molecular formula is C24H35N3O4. The van der Waals surface area contributed by atoms with Gasteiger partial charge in [-0.25, -0.2) is 0 Å². The first kappa shape index (κ1) is 23.3. The SMILES string of the molecule is Cc1cccc(NC(=O)CN(CC2CCCO2)C(=O)CN2CCCCCCC2=O)c1C. The van der Waals surface area contributed by atoms with Crippen molar-refractivity contribution in [2.45, 2.75) is 64.9 Å². The lowest BCUT2D eigenvalue weighted by Crippen LogP contribution is -2.48. The van der Waals surface area contributed by atoms with Crippen molar-refractivity contribution in [3.05, 3.63) is 29.3 Å². The zero-order chi connectivity index (χ0) is 22.2. The molecule has 0 bridgehead atoms. The summed E-state index contributed by atoms with van der Waals surface area (Å²) >= 11 is 0. The number of amides is 3. The Bertz CT molecular complexity index is 789. The van der Waals surface area contributed by atoms with Crippen molar-refractivity contribution in [3.63, 3.8) is 0 Å². The van der Waals surface area contributed by atoms with E-state index >= 15 is 0 Å². The summed E-state index contributed by atoms with van der Waals surface area (Å²) in [4.78, 5) is 41.6. The van der Waals surface area contributed by atoms with E-state index in [1.807, 2.05) is 32.0 Å². The quantitative estimate of drug-likeness (QED) is 0.723. The Hall–Kier alpha value is -2.41. The van der Waals surface area contributed by atoms with E-state index in [4.69, 9.17) is 4.74 Å². The fourth-order valence-electron chi connectivity index (χ4n) is 4.18. The van der Waals surface area contributed by atoms with Crippen LogP contribution in [-0.2, 0) is 19.1 Å². The Labute approximate surface area is 185 Å².